The Hall–Kier alpha value is -0.270. The number of nitrogens with zero attached hydrogens (tertiary/aromatic N) is 2. The maximum atomic E-state index is 2.76. The molecule has 0 aliphatic carbocycles. The van der Waals surface area contributed by atoms with Crippen LogP contribution in [0.3, 0.4) is 0 Å². The van der Waals surface area contributed by atoms with Crippen molar-refractivity contribution >= 4 is 36.6 Å². The molecule has 0 aliphatic rings. The minimum atomic E-state index is 1.27. The summed E-state index contributed by atoms with van der Waals surface area (Å²) < 4.78 is 0. The number of hydrogen-bond donors (Lipinski definition) is 0. The van der Waals surface area contributed by atoms with Crippen molar-refractivity contribution in [3.63, 3.8) is 0 Å². The minimum Gasteiger partial charge on any atom is -0.375 e. The van der Waals surface area contributed by atoms with Gasteiger partial charge >= 0.3 is 0 Å². The maximum absolute atomic E-state index is 2.76. The number of anilines is 2. The molecule has 12 heavy (non-hydrogen) atoms. The zero-order valence-electron chi connectivity index (χ0n) is 7.96. The molecule has 0 saturated carbocycles. The Morgan fingerprint density at radius 1 is 1.17 bits per heavy atom. The quantitative estimate of drug-likeness (QED) is 0.668. The van der Waals surface area contributed by atoms with Crippen molar-refractivity contribution in [2.75, 3.05) is 38.0 Å². The van der Waals surface area contributed by atoms with Gasteiger partial charge in [-0.15, -0.1) is 20.6 Å². The van der Waals surface area contributed by atoms with Gasteiger partial charge in [0.2, 0.25) is 0 Å². The fourth-order valence-electron chi connectivity index (χ4n) is 1.12. The number of thiophene rings is 1. The van der Waals surface area contributed by atoms with Crippen molar-refractivity contribution in [1.29, 1.82) is 0 Å². The van der Waals surface area contributed by atoms with Gasteiger partial charge in [-0.1, -0.05) is 0 Å². The molecule has 0 aliphatic heterocycles. The van der Waals surface area contributed by atoms with Crippen LogP contribution in [0.1, 0.15) is 0 Å². The van der Waals surface area contributed by atoms with Crippen LogP contribution in [-0.4, -0.2) is 28.2 Å². The number of rotatable bonds is 2. The molecule has 0 radical (unpaired) electrons. The molecule has 68 valence electrons. The Balaban J connectivity index is 3.12. The van der Waals surface area contributed by atoms with Gasteiger partial charge in [0.25, 0.3) is 0 Å². The van der Waals surface area contributed by atoms with E-state index in [1.807, 2.05) is 0 Å². The van der Waals surface area contributed by atoms with Gasteiger partial charge in [-0.2, -0.15) is 0 Å². The normalized spacial score (nSPS) is 10.1. The van der Waals surface area contributed by atoms with E-state index < -0.39 is 0 Å². The van der Waals surface area contributed by atoms with Gasteiger partial charge in [-0.25, -0.2) is 0 Å². The highest BCUT2D eigenvalue weighted by molar-refractivity contribution is 7.31. The molecule has 2 nitrogen and oxygen atoms in total. The Bertz CT molecular complexity index is 268. The Morgan fingerprint density at radius 2 is 1.75 bits per heavy atom. The predicted octanol–water partition coefficient (Wildman–Crippen LogP) is 1.38. The van der Waals surface area contributed by atoms with Crippen LogP contribution in [-0.2, 0) is 0 Å². The molecule has 1 aromatic heterocycles. The lowest BCUT2D eigenvalue weighted by Gasteiger charge is -2.19. The van der Waals surface area contributed by atoms with E-state index in [1.54, 1.807) is 11.3 Å². The highest BCUT2D eigenvalue weighted by Crippen LogP contribution is 2.32. The molecule has 1 rings (SSSR count). The van der Waals surface area contributed by atoms with Crippen LogP contribution in [0, 0.1) is 0 Å². The molecule has 1 heterocycles. The zero-order chi connectivity index (χ0) is 9.30. The van der Waals surface area contributed by atoms with E-state index in [0.29, 0.717) is 0 Å². The lowest BCUT2D eigenvalue weighted by atomic mass is 10.4. The molecule has 0 bridgehead atoms. The lowest BCUT2D eigenvalue weighted by molar-refractivity contribution is 1.10. The third kappa shape index (κ3) is 1.73. The standard InChI is InChI=1S/C8H15N2PS/c1-9(2)7-6(11)5-12-8(7)10(3)4/h5H,11H2,1-4H3. The van der Waals surface area contributed by atoms with Crippen molar-refractivity contribution in [3.05, 3.63) is 5.38 Å². The third-order valence-corrected chi connectivity index (χ3v) is 3.46. The topological polar surface area (TPSA) is 6.48 Å². The second-order valence-electron chi connectivity index (χ2n) is 3.13. The molecule has 0 saturated heterocycles. The third-order valence-electron chi connectivity index (χ3n) is 1.63. The van der Waals surface area contributed by atoms with Crippen molar-refractivity contribution in [3.8, 4) is 0 Å². The number of hydrogen-bond acceptors (Lipinski definition) is 3. The molecular formula is C8H15N2PS. The van der Waals surface area contributed by atoms with E-state index in [1.165, 1.54) is 16.0 Å². The predicted molar refractivity (Wildman–Crippen MR) is 62.3 cm³/mol. The van der Waals surface area contributed by atoms with Crippen LogP contribution < -0.4 is 15.1 Å². The maximum Gasteiger partial charge on any atom is 0.115 e. The highest BCUT2D eigenvalue weighted by Gasteiger charge is 2.11. The molecule has 0 spiro atoms. The van der Waals surface area contributed by atoms with Crippen molar-refractivity contribution in [2.45, 2.75) is 0 Å². The first kappa shape index (κ1) is 9.82. The second-order valence-corrected chi connectivity index (χ2v) is 4.61. The van der Waals surface area contributed by atoms with E-state index in [9.17, 15) is 0 Å². The summed E-state index contributed by atoms with van der Waals surface area (Å²) in [6, 6.07) is 0. The minimum absolute atomic E-state index is 1.27. The van der Waals surface area contributed by atoms with E-state index >= 15 is 0 Å². The Kier molecular flexibility index (Phi) is 2.97. The Labute approximate surface area is 80.4 Å². The summed E-state index contributed by atoms with van der Waals surface area (Å²) in [4.78, 5) is 4.29. The van der Waals surface area contributed by atoms with Crippen LogP contribution in [0.2, 0.25) is 0 Å². The van der Waals surface area contributed by atoms with Gasteiger partial charge in [-0.05, 0) is 0 Å². The smallest absolute Gasteiger partial charge is 0.115 e. The SMILES string of the molecule is CN(C)c1scc(P)c1N(C)C. The van der Waals surface area contributed by atoms with E-state index in [4.69, 9.17) is 0 Å². The first-order valence-electron chi connectivity index (χ1n) is 3.75. The van der Waals surface area contributed by atoms with Gasteiger partial charge in [0.1, 0.15) is 5.00 Å². The fourth-order valence-corrected chi connectivity index (χ4v) is 2.80. The monoisotopic (exact) mass is 202 g/mol. The first-order chi connectivity index (χ1) is 5.54. The van der Waals surface area contributed by atoms with Crippen LogP contribution in [0.25, 0.3) is 0 Å². The van der Waals surface area contributed by atoms with Crippen molar-refractivity contribution in [1.82, 2.24) is 0 Å². The van der Waals surface area contributed by atoms with Crippen LogP contribution in [0.5, 0.6) is 0 Å². The second kappa shape index (κ2) is 3.63. The average Bonchev–Trinajstić information content (AvgIpc) is 2.30. The van der Waals surface area contributed by atoms with E-state index in [-0.39, 0.29) is 0 Å². The molecular weight excluding hydrogens is 187 g/mol. The average molecular weight is 202 g/mol. The van der Waals surface area contributed by atoms with Gasteiger partial charge in [0, 0.05) is 38.9 Å². The first-order valence-corrected chi connectivity index (χ1v) is 5.21. The summed E-state index contributed by atoms with van der Waals surface area (Å²) >= 11 is 1.78. The summed E-state index contributed by atoms with van der Waals surface area (Å²) in [5.41, 5.74) is 1.30. The summed E-state index contributed by atoms with van der Waals surface area (Å²) in [7, 11) is 11.1. The van der Waals surface area contributed by atoms with Crippen LogP contribution >= 0.6 is 20.6 Å². The molecule has 1 atom stereocenters. The largest absolute Gasteiger partial charge is 0.375 e. The van der Waals surface area contributed by atoms with Crippen molar-refractivity contribution < 1.29 is 0 Å². The Morgan fingerprint density at radius 3 is 2.08 bits per heavy atom. The van der Waals surface area contributed by atoms with Crippen LogP contribution in [0.15, 0.2) is 5.38 Å². The zero-order valence-corrected chi connectivity index (χ0v) is 9.93. The highest BCUT2D eigenvalue weighted by atomic mass is 32.1. The molecule has 0 N–H and O–H groups in total. The lowest BCUT2D eigenvalue weighted by Crippen LogP contribution is -2.17. The molecule has 1 unspecified atom stereocenters. The molecule has 0 aromatic carbocycles. The van der Waals surface area contributed by atoms with Crippen molar-refractivity contribution in [2.24, 2.45) is 0 Å². The van der Waals surface area contributed by atoms with Gasteiger partial charge in [0.15, 0.2) is 0 Å². The summed E-state index contributed by atoms with van der Waals surface area (Å²) in [5.74, 6) is 0. The molecule has 4 heteroatoms. The van der Waals surface area contributed by atoms with E-state index in [2.05, 4.69) is 52.6 Å². The fraction of sp³-hybridized carbons (Fsp3) is 0.500. The summed E-state index contributed by atoms with van der Waals surface area (Å²) in [6.07, 6.45) is 0. The van der Waals surface area contributed by atoms with E-state index in [0.717, 1.165) is 0 Å². The molecule has 0 amide bonds. The molecule has 0 fully saturated rings. The summed E-state index contributed by atoms with van der Waals surface area (Å²) in [5, 5.41) is 4.74. The van der Waals surface area contributed by atoms with Crippen LogP contribution in [0.4, 0.5) is 10.7 Å². The molecule has 1 aromatic rings. The summed E-state index contributed by atoms with van der Waals surface area (Å²) in [6.45, 7) is 0. The van der Waals surface area contributed by atoms with Gasteiger partial charge in [-0.3, -0.25) is 0 Å². The van der Waals surface area contributed by atoms with Gasteiger partial charge < -0.3 is 9.80 Å². The van der Waals surface area contributed by atoms with Gasteiger partial charge in [0.05, 0.1) is 5.69 Å².